The first kappa shape index (κ1) is 29.5. The number of rotatable bonds is 13. The molecule has 10 nitrogen and oxygen atoms in total. The molecular formula is C30H33N5O5S. The number of fused-ring (bicyclic) bond motifs is 1. The molecule has 0 saturated carbocycles. The number of sulfonamides is 1. The number of hydrogen-bond acceptors (Lipinski definition) is 6. The highest BCUT2D eigenvalue weighted by atomic mass is 32.2. The molecule has 4 rings (SSSR count). The Morgan fingerprint density at radius 2 is 1.66 bits per heavy atom. The van der Waals surface area contributed by atoms with E-state index >= 15 is 0 Å². The van der Waals surface area contributed by atoms with Gasteiger partial charge in [-0.15, -0.1) is 0 Å². The lowest BCUT2D eigenvalue weighted by Gasteiger charge is -2.26. The molecule has 4 aromatic rings. The second-order valence-corrected chi connectivity index (χ2v) is 11.9. The van der Waals surface area contributed by atoms with Crippen molar-refractivity contribution in [3.63, 3.8) is 0 Å². The molecule has 0 bridgehead atoms. The lowest BCUT2D eigenvalue weighted by molar-refractivity contribution is -0.137. The predicted octanol–water partition coefficient (Wildman–Crippen LogP) is 3.58. The molecule has 4 N–H and O–H groups in total. The molecule has 1 aromatic heterocycles. The van der Waals surface area contributed by atoms with Gasteiger partial charge in [0.1, 0.15) is 12.4 Å². The number of carboxylic acids is 1. The van der Waals surface area contributed by atoms with Crippen LogP contribution in [0.2, 0.25) is 0 Å². The van der Waals surface area contributed by atoms with Crippen molar-refractivity contribution in [2.45, 2.75) is 24.3 Å². The van der Waals surface area contributed by atoms with Gasteiger partial charge in [-0.05, 0) is 56.4 Å². The van der Waals surface area contributed by atoms with E-state index in [0.717, 1.165) is 5.56 Å². The van der Waals surface area contributed by atoms with Crippen LogP contribution in [0, 0.1) is 5.41 Å². The number of aliphatic carboxylic acids is 1. The first-order valence-corrected chi connectivity index (χ1v) is 14.4. The third-order valence-corrected chi connectivity index (χ3v) is 8.59. The van der Waals surface area contributed by atoms with Gasteiger partial charge in [0.15, 0.2) is 5.78 Å². The number of amidine groups is 1. The van der Waals surface area contributed by atoms with E-state index in [2.05, 4.69) is 0 Å². The number of carbonyl (C=O) groups excluding carboxylic acids is 1. The summed E-state index contributed by atoms with van der Waals surface area (Å²) in [4.78, 5) is 27.1. The number of hydrogen-bond donors (Lipinski definition) is 3. The highest BCUT2D eigenvalue weighted by molar-refractivity contribution is 7.92. The highest BCUT2D eigenvalue weighted by Crippen LogP contribution is 2.31. The van der Waals surface area contributed by atoms with Gasteiger partial charge in [0.05, 0.1) is 10.6 Å². The number of anilines is 1. The maximum Gasteiger partial charge on any atom is 0.323 e. The number of aromatic nitrogens is 1. The number of Topliss-reactive ketones (excluding diaryl/α,β-unsaturated/α-hetero) is 1. The number of carbonyl (C=O) groups is 2. The van der Waals surface area contributed by atoms with Gasteiger partial charge in [-0.3, -0.25) is 19.3 Å². The summed E-state index contributed by atoms with van der Waals surface area (Å²) in [7, 11) is -0.215. The zero-order valence-corrected chi connectivity index (χ0v) is 23.8. The van der Waals surface area contributed by atoms with Crippen molar-refractivity contribution in [1.29, 1.82) is 5.41 Å². The third kappa shape index (κ3) is 6.82. The van der Waals surface area contributed by atoms with Crippen molar-refractivity contribution in [3.05, 3.63) is 95.7 Å². The topological polar surface area (TPSA) is 150 Å². The lowest BCUT2D eigenvalue weighted by Crippen LogP contribution is -2.36. The number of benzene rings is 3. The Labute approximate surface area is 239 Å². The van der Waals surface area contributed by atoms with Crippen LogP contribution in [0.25, 0.3) is 10.9 Å². The van der Waals surface area contributed by atoms with Crippen LogP contribution in [-0.2, 0) is 27.8 Å². The molecule has 3 aromatic carbocycles. The van der Waals surface area contributed by atoms with Crippen molar-refractivity contribution >= 4 is 44.2 Å². The minimum atomic E-state index is -3.92. The summed E-state index contributed by atoms with van der Waals surface area (Å²) in [6, 6.07) is 20.2. The molecule has 0 aliphatic carbocycles. The lowest BCUT2D eigenvalue weighted by atomic mass is 10.0. The molecule has 41 heavy (non-hydrogen) atoms. The first-order chi connectivity index (χ1) is 19.5. The quantitative estimate of drug-likeness (QED) is 0.125. The van der Waals surface area contributed by atoms with Crippen molar-refractivity contribution in [3.8, 4) is 0 Å². The smallest absolute Gasteiger partial charge is 0.323 e. The highest BCUT2D eigenvalue weighted by Gasteiger charge is 2.26. The van der Waals surface area contributed by atoms with Gasteiger partial charge in [0.2, 0.25) is 0 Å². The fourth-order valence-corrected chi connectivity index (χ4v) is 6.05. The van der Waals surface area contributed by atoms with Crippen molar-refractivity contribution in [2.24, 2.45) is 5.73 Å². The van der Waals surface area contributed by atoms with Gasteiger partial charge in [-0.2, -0.15) is 0 Å². The fraction of sp³-hybridized carbons (Fsp3) is 0.233. The van der Waals surface area contributed by atoms with E-state index in [4.69, 9.17) is 11.1 Å². The van der Waals surface area contributed by atoms with Crippen LogP contribution in [-0.4, -0.2) is 67.8 Å². The number of nitrogens with two attached hydrogens (primary N) is 1. The van der Waals surface area contributed by atoms with Gasteiger partial charge < -0.3 is 20.3 Å². The molecule has 0 amide bonds. The molecule has 0 fully saturated rings. The monoisotopic (exact) mass is 575 g/mol. The van der Waals surface area contributed by atoms with E-state index in [-0.39, 0.29) is 36.0 Å². The Morgan fingerprint density at radius 1 is 0.976 bits per heavy atom. The summed E-state index contributed by atoms with van der Waals surface area (Å²) in [5.41, 5.74) is 8.23. The number of aryl methyl sites for hydroxylation is 1. The Bertz CT molecular complexity index is 1680. The molecule has 0 aliphatic heterocycles. The number of likely N-dealkylation sites (N-methyl/N-ethyl adjacent to an activating group) is 1. The van der Waals surface area contributed by atoms with E-state index in [1.807, 2.05) is 31.1 Å². The number of nitrogen functional groups attached to an aromatic ring is 1. The van der Waals surface area contributed by atoms with Crippen molar-refractivity contribution in [1.82, 2.24) is 9.47 Å². The van der Waals surface area contributed by atoms with Crippen LogP contribution in [0.1, 0.15) is 27.9 Å². The number of ketones is 1. The van der Waals surface area contributed by atoms with Crippen LogP contribution in [0.4, 0.5) is 5.69 Å². The molecule has 11 heteroatoms. The van der Waals surface area contributed by atoms with Crippen LogP contribution >= 0.6 is 0 Å². The Balaban J connectivity index is 1.73. The summed E-state index contributed by atoms with van der Waals surface area (Å²) >= 11 is 0. The second kappa shape index (κ2) is 12.4. The predicted molar refractivity (Wildman–Crippen MR) is 159 cm³/mol. The Morgan fingerprint density at radius 3 is 2.27 bits per heavy atom. The summed E-state index contributed by atoms with van der Waals surface area (Å²) in [6.07, 6.45) is 2.11. The fourth-order valence-electron chi connectivity index (χ4n) is 4.58. The van der Waals surface area contributed by atoms with Gasteiger partial charge >= 0.3 is 5.97 Å². The average Bonchev–Trinajstić information content (AvgIpc) is 3.29. The Hall–Kier alpha value is -4.48. The van der Waals surface area contributed by atoms with E-state index < -0.39 is 16.0 Å². The zero-order chi connectivity index (χ0) is 29.7. The zero-order valence-electron chi connectivity index (χ0n) is 22.9. The number of nitrogens with one attached hydrogen (secondary N) is 1. The van der Waals surface area contributed by atoms with E-state index in [1.54, 1.807) is 48.5 Å². The maximum atomic E-state index is 13.7. The molecule has 0 saturated heterocycles. The van der Waals surface area contributed by atoms with Gasteiger partial charge in [-0.25, -0.2) is 8.42 Å². The Kier molecular flexibility index (Phi) is 8.89. The second-order valence-electron chi connectivity index (χ2n) is 9.99. The van der Waals surface area contributed by atoms with Crippen LogP contribution in [0.3, 0.4) is 0 Å². The standard InChI is InChI=1S/C30H33N5O5S/c1-33(2)16-17-35(41(39,40)24-6-4-3-5-7-24)23-13-14-27-25(18-23)26(19-34(27)20-29(37)38)28(36)15-10-21-8-11-22(12-9-21)30(31)32/h3-9,11-14,18-19H,10,15-17,20H2,1-2H3,(H3,31,32)(H,37,38). The summed E-state index contributed by atoms with van der Waals surface area (Å²) < 4.78 is 30.2. The summed E-state index contributed by atoms with van der Waals surface area (Å²) in [5.74, 6) is -1.30. The minimum absolute atomic E-state index is 0.0384. The number of carboxylic acid groups (broad SMARTS) is 1. The molecular weight excluding hydrogens is 542 g/mol. The SMILES string of the molecule is CN(C)CCN(c1ccc2c(c1)c(C(=O)CCc1ccc(C(=N)N)cc1)cn2CC(=O)O)S(=O)(=O)c1ccccc1. The normalized spacial score (nSPS) is 11.6. The van der Waals surface area contributed by atoms with Crippen molar-refractivity contribution < 1.29 is 23.1 Å². The maximum absolute atomic E-state index is 13.7. The number of nitrogens with zero attached hydrogens (tertiary/aromatic N) is 3. The van der Waals surface area contributed by atoms with Gasteiger partial charge in [-0.1, -0.05) is 42.5 Å². The first-order valence-electron chi connectivity index (χ1n) is 13.0. The van der Waals surface area contributed by atoms with E-state index in [0.29, 0.717) is 40.7 Å². The van der Waals surface area contributed by atoms with Crippen LogP contribution in [0.15, 0.2) is 83.9 Å². The van der Waals surface area contributed by atoms with Crippen LogP contribution in [0.5, 0.6) is 0 Å². The van der Waals surface area contributed by atoms with E-state index in [9.17, 15) is 23.1 Å². The summed E-state index contributed by atoms with van der Waals surface area (Å²) in [6.45, 7) is 0.283. The molecule has 0 unspecified atom stereocenters. The molecule has 0 atom stereocenters. The minimum Gasteiger partial charge on any atom is -0.480 e. The average molecular weight is 576 g/mol. The van der Waals surface area contributed by atoms with E-state index in [1.165, 1.54) is 27.2 Å². The molecule has 0 spiro atoms. The largest absolute Gasteiger partial charge is 0.480 e. The van der Waals surface area contributed by atoms with Gasteiger partial charge in [0, 0.05) is 47.7 Å². The molecule has 214 valence electrons. The summed E-state index contributed by atoms with van der Waals surface area (Å²) in [5, 5.41) is 17.5. The van der Waals surface area contributed by atoms with Crippen LogP contribution < -0.4 is 10.0 Å². The van der Waals surface area contributed by atoms with Crippen molar-refractivity contribution in [2.75, 3.05) is 31.5 Å². The molecule has 1 heterocycles. The molecule has 0 radical (unpaired) electrons. The van der Waals surface area contributed by atoms with Gasteiger partial charge in [0.25, 0.3) is 10.0 Å². The molecule has 0 aliphatic rings. The third-order valence-electron chi connectivity index (χ3n) is 6.75.